The Hall–Kier alpha value is -3.60. The summed E-state index contributed by atoms with van der Waals surface area (Å²) in [5, 5.41) is 4.20. The quantitative estimate of drug-likeness (QED) is 0.482. The fraction of sp³-hybridized carbons (Fsp3) is 0. The summed E-state index contributed by atoms with van der Waals surface area (Å²) in [7, 11) is 0. The lowest BCUT2D eigenvalue weighted by atomic mass is 10.2. The summed E-state index contributed by atoms with van der Waals surface area (Å²) in [6.07, 6.45) is 1.62. The normalized spacial score (nSPS) is 11.2. The lowest BCUT2D eigenvalue weighted by Crippen LogP contribution is -1.98. The smallest absolute Gasteiger partial charge is 0.228 e. The Bertz CT molecular complexity index is 1160. The molecule has 0 aliphatic rings. The predicted octanol–water partition coefficient (Wildman–Crippen LogP) is 5.38. The van der Waals surface area contributed by atoms with E-state index in [0.717, 1.165) is 22.2 Å². The Morgan fingerprint density at radius 1 is 0.800 bits per heavy atom. The highest BCUT2D eigenvalue weighted by Gasteiger charge is 2.18. The van der Waals surface area contributed by atoms with Crippen LogP contribution < -0.4 is 5.32 Å². The number of hydrogen-bond donors (Lipinski definition) is 1. The van der Waals surface area contributed by atoms with Crippen LogP contribution in [0.3, 0.4) is 0 Å². The summed E-state index contributed by atoms with van der Waals surface area (Å²) < 4.78 is 11.6. The average molecular weight is 327 g/mol. The third-order valence-electron chi connectivity index (χ3n) is 4.00. The van der Waals surface area contributed by atoms with Crippen LogP contribution in [0.1, 0.15) is 0 Å². The maximum Gasteiger partial charge on any atom is 0.228 e. The SMILES string of the molecule is c1ccc(Nc2nc(-c3ccco3)c3oc4ccccc4c3n2)cc1. The standard InChI is InChI=1S/C20H13N3O2/c1-2-7-13(8-3-1)21-20-22-17-14-9-4-5-10-15(14)25-19(17)18(23-20)16-11-6-12-24-16/h1-12H,(H,21,22,23). The van der Waals surface area contributed by atoms with Gasteiger partial charge >= 0.3 is 0 Å². The van der Waals surface area contributed by atoms with E-state index in [1.165, 1.54) is 0 Å². The van der Waals surface area contributed by atoms with E-state index in [1.54, 1.807) is 6.26 Å². The molecule has 2 aromatic carbocycles. The molecule has 0 saturated carbocycles. The highest BCUT2D eigenvalue weighted by Crippen LogP contribution is 2.34. The molecule has 0 saturated heterocycles. The Kier molecular flexibility index (Phi) is 3.03. The second-order valence-corrected chi connectivity index (χ2v) is 5.64. The molecule has 120 valence electrons. The van der Waals surface area contributed by atoms with E-state index in [9.17, 15) is 0 Å². The molecule has 25 heavy (non-hydrogen) atoms. The molecule has 0 unspecified atom stereocenters. The van der Waals surface area contributed by atoms with E-state index >= 15 is 0 Å². The van der Waals surface area contributed by atoms with Gasteiger partial charge in [-0.15, -0.1) is 0 Å². The summed E-state index contributed by atoms with van der Waals surface area (Å²) in [5.41, 5.74) is 3.70. The highest BCUT2D eigenvalue weighted by atomic mass is 16.3. The number of benzene rings is 2. The van der Waals surface area contributed by atoms with Crippen molar-refractivity contribution in [1.29, 1.82) is 0 Å². The van der Waals surface area contributed by atoms with E-state index in [-0.39, 0.29) is 0 Å². The largest absolute Gasteiger partial charge is 0.463 e. The summed E-state index contributed by atoms with van der Waals surface area (Å²) in [6.45, 7) is 0. The molecule has 0 spiro atoms. The molecule has 0 aliphatic carbocycles. The fourth-order valence-electron chi connectivity index (χ4n) is 2.88. The van der Waals surface area contributed by atoms with Gasteiger partial charge in [0.25, 0.3) is 0 Å². The van der Waals surface area contributed by atoms with Crippen LogP contribution in [0.15, 0.2) is 81.8 Å². The molecule has 0 aliphatic heterocycles. The van der Waals surface area contributed by atoms with Crippen LogP contribution in [-0.2, 0) is 0 Å². The minimum absolute atomic E-state index is 0.497. The van der Waals surface area contributed by atoms with E-state index in [1.807, 2.05) is 66.7 Å². The molecule has 3 heterocycles. The van der Waals surface area contributed by atoms with Gasteiger partial charge in [0.05, 0.1) is 6.26 Å². The van der Waals surface area contributed by atoms with Gasteiger partial charge in [0.2, 0.25) is 5.95 Å². The maximum atomic E-state index is 6.00. The minimum atomic E-state index is 0.497. The van der Waals surface area contributed by atoms with Crippen molar-refractivity contribution in [2.24, 2.45) is 0 Å². The van der Waals surface area contributed by atoms with Crippen LogP contribution >= 0.6 is 0 Å². The first-order chi connectivity index (χ1) is 12.4. The molecule has 0 atom stereocenters. The van der Waals surface area contributed by atoms with Crippen molar-refractivity contribution in [1.82, 2.24) is 9.97 Å². The number of anilines is 2. The molecule has 5 rings (SSSR count). The first-order valence-corrected chi connectivity index (χ1v) is 7.94. The van der Waals surface area contributed by atoms with Gasteiger partial charge in [-0.1, -0.05) is 30.3 Å². The monoisotopic (exact) mass is 327 g/mol. The number of nitrogens with one attached hydrogen (secondary N) is 1. The van der Waals surface area contributed by atoms with Gasteiger partial charge in [-0.25, -0.2) is 9.97 Å². The van der Waals surface area contributed by atoms with Gasteiger partial charge in [0, 0.05) is 11.1 Å². The molecule has 5 nitrogen and oxygen atoms in total. The number of fused-ring (bicyclic) bond motifs is 3. The molecule has 0 amide bonds. The Balaban J connectivity index is 1.77. The molecule has 0 bridgehead atoms. The number of para-hydroxylation sites is 2. The number of rotatable bonds is 3. The zero-order valence-electron chi connectivity index (χ0n) is 13.1. The average Bonchev–Trinajstić information content (AvgIpc) is 3.30. The van der Waals surface area contributed by atoms with Crippen LogP contribution in [0.25, 0.3) is 33.5 Å². The second kappa shape index (κ2) is 5.49. The summed E-state index contributed by atoms with van der Waals surface area (Å²) in [4.78, 5) is 9.30. The third kappa shape index (κ3) is 2.33. The zero-order chi connectivity index (χ0) is 16.6. The van der Waals surface area contributed by atoms with E-state index < -0.39 is 0 Å². The second-order valence-electron chi connectivity index (χ2n) is 5.64. The Morgan fingerprint density at radius 3 is 2.48 bits per heavy atom. The Morgan fingerprint density at radius 2 is 1.64 bits per heavy atom. The number of hydrogen-bond acceptors (Lipinski definition) is 5. The summed E-state index contributed by atoms with van der Waals surface area (Å²) >= 11 is 0. The van der Waals surface area contributed by atoms with Crippen molar-refractivity contribution >= 4 is 33.7 Å². The first kappa shape index (κ1) is 13.8. The van der Waals surface area contributed by atoms with Crippen LogP contribution in [0.4, 0.5) is 11.6 Å². The molecule has 5 heteroatoms. The van der Waals surface area contributed by atoms with E-state index in [4.69, 9.17) is 8.83 Å². The fourth-order valence-corrected chi connectivity index (χ4v) is 2.88. The van der Waals surface area contributed by atoms with Gasteiger partial charge in [0.1, 0.15) is 11.1 Å². The van der Waals surface area contributed by atoms with E-state index in [0.29, 0.717) is 23.0 Å². The lowest BCUT2D eigenvalue weighted by molar-refractivity contribution is 0.577. The van der Waals surface area contributed by atoms with Crippen LogP contribution in [-0.4, -0.2) is 9.97 Å². The highest BCUT2D eigenvalue weighted by molar-refractivity contribution is 6.06. The number of furan rings is 2. The first-order valence-electron chi connectivity index (χ1n) is 7.94. The van der Waals surface area contributed by atoms with E-state index in [2.05, 4.69) is 15.3 Å². The van der Waals surface area contributed by atoms with Gasteiger partial charge in [-0.05, 0) is 36.4 Å². The van der Waals surface area contributed by atoms with Crippen molar-refractivity contribution in [3.05, 3.63) is 73.0 Å². The molecule has 5 aromatic rings. The molecule has 1 N–H and O–H groups in total. The zero-order valence-corrected chi connectivity index (χ0v) is 13.1. The number of nitrogens with zero attached hydrogens (tertiary/aromatic N) is 2. The number of aromatic nitrogens is 2. The molecular weight excluding hydrogens is 314 g/mol. The minimum Gasteiger partial charge on any atom is -0.463 e. The van der Waals surface area contributed by atoms with Gasteiger partial charge < -0.3 is 14.2 Å². The molecule has 0 fully saturated rings. The molecule has 3 aromatic heterocycles. The van der Waals surface area contributed by atoms with Crippen molar-refractivity contribution < 1.29 is 8.83 Å². The van der Waals surface area contributed by atoms with Crippen molar-refractivity contribution in [3.63, 3.8) is 0 Å². The Labute approximate surface area is 142 Å². The lowest BCUT2D eigenvalue weighted by Gasteiger charge is -2.06. The molecular formula is C20H13N3O2. The predicted molar refractivity (Wildman–Crippen MR) is 96.7 cm³/mol. The van der Waals surface area contributed by atoms with Crippen LogP contribution in [0, 0.1) is 0 Å². The van der Waals surface area contributed by atoms with Crippen LogP contribution in [0.2, 0.25) is 0 Å². The van der Waals surface area contributed by atoms with Crippen LogP contribution in [0.5, 0.6) is 0 Å². The van der Waals surface area contributed by atoms with Crippen molar-refractivity contribution in [2.75, 3.05) is 5.32 Å². The third-order valence-corrected chi connectivity index (χ3v) is 4.00. The van der Waals surface area contributed by atoms with Gasteiger partial charge in [-0.2, -0.15) is 0 Å². The maximum absolute atomic E-state index is 6.00. The van der Waals surface area contributed by atoms with Gasteiger partial charge in [-0.3, -0.25) is 0 Å². The van der Waals surface area contributed by atoms with Crippen molar-refractivity contribution in [2.45, 2.75) is 0 Å². The topological polar surface area (TPSA) is 64.1 Å². The molecule has 0 radical (unpaired) electrons. The summed E-state index contributed by atoms with van der Waals surface area (Å²) in [6, 6.07) is 21.3. The summed E-state index contributed by atoms with van der Waals surface area (Å²) in [5.74, 6) is 1.14. The van der Waals surface area contributed by atoms with Crippen molar-refractivity contribution in [3.8, 4) is 11.5 Å². The van der Waals surface area contributed by atoms with Gasteiger partial charge in [0.15, 0.2) is 17.0 Å².